The van der Waals surface area contributed by atoms with E-state index in [9.17, 15) is 9.90 Å². The number of allylic oxidation sites excluding steroid dienone is 2. The molecular weight excluding hydrogens is 635 g/mol. The maximum absolute atomic E-state index is 11.7. The third kappa shape index (κ3) is 6.03. The quantitative estimate of drug-likeness (QED) is 0.107. The number of rotatable bonds is 7. The zero-order valence-electron chi connectivity index (χ0n) is 22.2. The molecule has 1 N–H and O–H groups in total. The van der Waals surface area contributed by atoms with Crippen molar-refractivity contribution in [3.8, 4) is 11.3 Å². The van der Waals surface area contributed by atoms with Crippen LogP contribution in [-0.4, -0.2) is 15.9 Å². The zero-order chi connectivity index (χ0) is 25.7. The van der Waals surface area contributed by atoms with E-state index in [-0.39, 0.29) is 43.5 Å². The molecule has 0 atom stereocenters. The summed E-state index contributed by atoms with van der Waals surface area (Å²) >= 11 is 0. The van der Waals surface area contributed by atoms with Crippen LogP contribution in [0.3, 0.4) is 0 Å². The average molecular weight is 671 g/mol. The number of carbonyl (C=O) groups excluding carboxylic acids is 1. The van der Waals surface area contributed by atoms with Crippen LogP contribution in [0.1, 0.15) is 64.5 Å². The van der Waals surface area contributed by atoms with E-state index in [1.165, 1.54) is 38.7 Å². The molecular formula is C33H36IrNO2-. The Morgan fingerprint density at radius 2 is 1.62 bits per heavy atom. The van der Waals surface area contributed by atoms with Gasteiger partial charge in [-0.2, -0.15) is 0 Å². The number of hydrogen-bond acceptors (Lipinski definition) is 3. The molecule has 4 aromatic rings. The van der Waals surface area contributed by atoms with Crippen molar-refractivity contribution in [1.82, 2.24) is 4.98 Å². The van der Waals surface area contributed by atoms with Crippen molar-refractivity contribution >= 4 is 27.3 Å². The molecule has 4 heteroatoms. The van der Waals surface area contributed by atoms with Crippen LogP contribution in [0.2, 0.25) is 0 Å². The number of benzene rings is 3. The minimum absolute atomic E-state index is 0. The van der Waals surface area contributed by atoms with E-state index in [0.717, 1.165) is 43.4 Å². The molecule has 3 nitrogen and oxygen atoms in total. The summed E-state index contributed by atoms with van der Waals surface area (Å²) in [5.41, 5.74) is 4.95. The molecule has 0 bridgehead atoms. The van der Waals surface area contributed by atoms with Crippen LogP contribution in [0, 0.1) is 17.9 Å². The van der Waals surface area contributed by atoms with Crippen LogP contribution in [-0.2, 0) is 31.3 Å². The minimum atomic E-state index is 0. The van der Waals surface area contributed by atoms with Crippen molar-refractivity contribution in [2.75, 3.05) is 0 Å². The van der Waals surface area contributed by atoms with Crippen LogP contribution < -0.4 is 0 Å². The second kappa shape index (κ2) is 13.1. The average Bonchev–Trinajstić information content (AvgIpc) is 2.91. The molecule has 0 spiro atoms. The zero-order valence-corrected chi connectivity index (χ0v) is 24.6. The summed E-state index contributed by atoms with van der Waals surface area (Å²) in [6.07, 6.45) is 7.84. The van der Waals surface area contributed by atoms with Crippen molar-refractivity contribution in [2.24, 2.45) is 11.8 Å². The van der Waals surface area contributed by atoms with Gasteiger partial charge in [-0.05, 0) is 48.6 Å². The van der Waals surface area contributed by atoms with Gasteiger partial charge in [0.2, 0.25) is 0 Å². The standard InChI is InChI=1S/C20H12N.C13H24O2.Ir/c1-2-9-16-15(5-1)12-21-20-17-10-4-7-13-6-3-8-14(19(13)17)11-18(16)20;1-5-10(6-2)12(14)9-13(15)11(7-3)8-4;/h1-9,12H,11H2;9-11,14H,5-8H2,1-4H3;/q-1;;/b;12-9-;. The normalized spacial score (nSPS) is 12.2. The van der Waals surface area contributed by atoms with Crippen LogP contribution in [0.4, 0.5) is 0 Å². The summed E-state index contributed by atoms with van der Waals surface area (Å²) in [4.78, 5) is 16.5. The van der Waals surface area contributed by atoms with Gasteiger partial charge in [-0.3, -0.25) is 4.79 Å². The number of nitrogens with zero attached hydrogens (tertiary/aromatic N) is 1. The van der Waals surface area contributed by atoms with E-state index in [1.807, 2.05) is 40.0 Å². The Kier molecular flexibility index (Phi) is 10.2. The fourth-order valence-corrected chi connectivity index (χ4v) is 5.27. The van der Waals surface area contributed by atoms with Gasteiger partial charge < -0.3 is 10.1 Å². The third-order valence-corrected chi connectivity index (χ3v) is 7.51. The summed E-state index contributed by atoms with van der Waals surface area (Å²) < 4.78 is 0. The molecule has 0 unspecified atom stereocenters. The molecule has 1 aliphatic carbocycles. The SMILES string of the molecule is CCC(CC)C(=O)/C=C(\O)C(CC)CC.[Ir].[c-]1ccc2cccc3c2c1-c1ncc2ccccc2c1C3. The summed E-state index contributed by atoms with van der Waals surface area (Å²) in [6.45, 7) is 8.07. The predicted molar refractivity (Wildman–Crippen MR) is 150 cm³/mol. The predicted octanol–water partition coefficient (Wildman–Crippen LogP) is 8.63. The van der Waals surface area contributed by atoms with E-state index in [0.29, 0.717) is 0 Å². The van der Waals surface area contributed by atoms with Crippen LogP contribution >= 0.6 is 0 Å². The van der Waals surface area contributed by atoms with Gasteiger partial charge in [-0.1, -0.05) is 86.7 Å². The molecule has 37 heavy (non-hydrogen) atoms. The van der Waals surface area contributed by atoms with Gasteiger partial charge in [0.15, 0.2) is 5.78 Å². The number of carbonyl (C=O) groups is 1. The van der Waals surface area contributed by atoms with Gasteiger partial charge >= 0.3 is 0 Å². The first kappa shape index (κ1) is 28.8. The Balaban J connectivity index is 0.000000214. The Labute approximate surface area is 234 Å². The van der Waals surface area contributed by atoms with Gasteiger partial charge in [0.1, 0.15) is 0 Å². The van der Waals surface area contributed by atoms with Crippen molar-refractivity contribution in [3.63, 3.8) is 0 Å². The van der Waals surface area contributed by atoms with Gasteiger partial charge in [0.05, 0.1) is 5.76 Å². The number of pyridine rings is 1. The van der Waals surface area contributed by atoms with Crippen molar-refractivity contribution in [2.45, 2.75) is 59.8 Å². The van der Waals surface area contributed by atoms with Gasteiger partial charge in [0, 0.05) is 44.2 Å². The molecule has 0 saturated heterocycles. The van der Waals surface area contributed by atoms with Gasteiger partial charge in [-0.15, -0.1) is 29.1 Å². The van der Waals surface area contributed by atoms with Crippen LogP contribution in [0.25, 0.3) is 32.8 Å². The Hall–Kier alpha value is -2.81. The smallest absolute Gasteiger partial charge is 0.162 e. The third-order valence-electron chi connectivity index (χ3n) is 7.51. The number of aliphatic hydroxyl groups excluding tert-OH is 1. The summed E-state index contributed by atoms with van der Waals surface area (Å²) in [5.74, 6) is 0.547. The Morgan fingerprint density at radius 3 is 2.32 bits per heavy atom. The summed E-state index contributed by atoms with van der Waals surface area (Å²) in [7, 11) is 0. The first-order valence-corrected chi connectivity index (χ1v) is 13.3. The molecule has 195 valence electrons. The number of aromatic nitrogens is 1. The first-order valence-electron chi connectivity index (χ1n) is 13.3. The first-order chi connectivity index (χ1) is 17.5. The van der Waals surface area contributed by atoms with E-state index >= 15 is 0 Å². The maximum Gasteiger partial charge on any atom is 0.162 e. The van der Waals surface area contributed by atoms with Crippen LogP contribution in [0.15, 0.2) is 72.6 Å². The maximum atomic E-state index is 11.7. The molecule has 0 aliphatic heterocycles. The van der Waals surface area contributed by atoms with Crippen molar-refractivity contribution < 1.29 is 30.0 Å². The van der Waals surface area contributed by atoms with E-state index < -0.39 is 0 Å². The van der Waals surface area contributed by atoms with Crippen molar-refractivity contribution in [1.29, 1.82) is 0 Å². The number of hydrogen-bond donors (Lipinski definition) is 1. The minimum Gasteiger partial charge on any atom is -0.512 e. The van der Waals surface area contributed by atoms with Crippen molar-refractivity contribution in [3.05, 3.63) is 89.8 Å². The summed E-state index contributed by atoms with van der Waals surface area (Å²) in [6, 6.07) is 22.6. The number of fused-ring (bicyclic) bond motifs is 4. The fourth-order valence-electron chi connectivity index (χ4n) is 5.27. The molecule has 5 rings (SSSR count). The van der Waals surface area contributed by atoms with Gasteiger partial charge in [0.25, 0.3) is 0 Å². The van der Waals surface area contributed by atoms with Crippen LogP contribution in [0.5, 0.6) is 0 Å². The molecule has 1 aromatic heterocycles. The molecule has 1 radical (unpaired) electrons. The second-order valence-corrected chi connectivity index (χ2v) is 9.58. The molecule has 0 saturated carbocycles. The van der Waals surface area contributed by atoms with E-state index in [2.05, 4.69) is 54.6 Å². The largest absolute Gasteiger partial charge is 0.512 e. The molecule has 0 fully saturated rings. The molecule has 1 heterocycles. The molecule has 3 aromatic carbocycles. The number of aliphatic hydroxyl groups is 1. The molecule has 1 aliphatic rings. The monoisotopic (exact) mass is 671 g/mol. The Morgan fingerprint density at radius 1 is 0.946 bits per heavy atom. The van der Waals surface area contributed by atoms with E-state index in [4.69, 9.17) is 4.98 Å². The Bertz CT molecular complexity index is 1400. The number of ketones is 1. The summed E-state index contributed by atoms with van der Waals surface area (Å²) in [5, 5.41) is 14.9. The topological polar surface area (TPSA) is 50.2 Å². The fraction of sp³-hybridized carbons (Fsp3) is 0.333. The van der Waals surface area contributed by atoms with Gasteiger partial charge in [-0.25, -0.2) is 0 Å². The second-order valence-electron chi connectivity index (χ2n) is 9.58. The van der Waals surface area contributed by atoms with E-state index in [1.54, 1.807) is 0 Å². The molecule has 0 amide bonds.